The van der Waals surface area contributed by atoms with Crippen molar-refractivity contribution < 1.29 is 0 Å². The molecule has 0 spiro atoms. The molecule has 1 aliphatic carbocycles. The molecule has 2 aromatic carbocycles. The van der Waals surface area contributed by atoms with Crippen LogP contribution in [0.2, 0.25) is 0 Å². The summed E-state index contributed by atoms with van der Waals surface area (Å²) in [5.74, 6) is 0.977. The molecule has 0 atom stereocenters. The van der Waals surface area contributed by atoms with E-state index in [4.69, 9.17) is 0 Å². The largest absolute Gasteiger partial charge is 0.299 e. The van der Waals surface area contributed by atoms with Gasteiger partial charge < -0.3 is 0 Å². The van der Waals surface area contributed by atoms with Crippen LogP contribution < -0.4 is 0 Å². The van der Waals surface area contributed by atoms with Crippen LogP contribution in [0.25, 0.3) is 0 Å². The van der Waals surface area contributed by atoms with E-state index in [9.17, 15) is 0 Å². The van der Waals surface area contributed by atoms with Crippen molar-refractivity contribution in [1.29, 1.82) is 0 Å². The number of hydrogen-bond acceptors (Lipinski definition) is 1. The average Bonchev–Trinajstić information content (AvgIpc) is 3.04. The van der Waals surface area contributed by atoms with Gasteiger partial charge in [-0.05, 0) is 61.2 Å². The van der Waals surface area contributed by atoms with Crippen molar-refractivity contribution >= 4 is 0 Å². The van der Waals surface area contributed by atoms with E-state index >= 15 is 0 Å². The normalized spacial score (nSPS) is 21.3. The second-order valence-corrected chi connectivity index (χ2v) is 9.30. The van der Waals surface area contributed by atoms with Crippen molar-refractivity contribution in [3.05, 3.63) is 71.8 Å². The number of rotatable bonds is 6. The van der Waals surface area contributed by atoms with E-state index in [-0.39, 0.29) is 0 Å². The molecule has 2 fully saturated rings. The Morgan fingerprint density at radius 3 is 2.00 bits per heavy atom. The van der Waals surface area contributed by atoms with Gasteiger partial charge in [0.25, 0.3) is 0 Å². The van der Waals surface area contributed by atoms with Gasteiger partial charge in [0, 0.05) is 6.54 Å². The summed E-state index contributed by atoms with van der Waals surface area (Å²) in [4.78, 5) is 2.67. The van der Waals surface area contributed by atoms with Crippen LogP contribution in [0, 0.1) is 5.92 Å². The van der Waals surface area contributed by atoms with Crippen molar-refractivity contribution in [2.75, 3.05) is 13.1 Å². The van der Waals surface area contributed by atoms with Gasteiger partial charge in [0.15, 0.2) is 0 Å². The number of hydrogen-bond donors (Lipinski definition) is 0. The van der Waals surface area contributed by atoms with E-state index in [1.54, 1.807) is 5.56 Å². The molecule has 4 rings (SSSR count). The highest BCUT2D eigenvalue weighted by Gasteiger charge is 2.36. The van der Waals surface area contributed by atoms with Gasteiger partial charge in [0.2, 0.25) is 0 Å². The molecule has 0 bridgehead atoms. The van der Waals surface area contributed by atoms with Crippen molar-refractivity contribution in [2.24, 2.45) is 5.92 Å². The minimum atomic E-state index is 0.404. The molecule has 2 aliphatic rings. The van der Waals surface area contributed by atoms with E-state index in [1.807, 2.05) is 0 Å². The van der Waals surface area contributed by atoms with Crippen LogP contribution in [-0.4, -0.2) is 18.0 Å². The first kappa shape index (κ1) is 19.7. The van der Waals surface area contributed by atoms with Crippen LogP contribution >= 0.6 is 0 Å². The van der Waals surface area contributed by atoms with E-state index in [0.717, 1.165) is 12.5 Å². The molecule has 1 aliphatic heterocycles. The molecule has 0 radical (unpaired) electrons. The summed E-state index contributed by atoms with van der Waals surface area (Å²) >= 11 is 0. The fraction of sp³-hybridized carbons (Fsp3) is 0.556. The van der Waals surface area contributed by atoms with Gasteiger partial charge >= 0.3 is 0 Å². The molecule has 0 aromatic heterocycles. The summed E-state index contributed by atoms with van der Waals surface area (Å²) in [6, 6.07) is 22.5. The Morgan fingerprint density at radius 1 is 0.750 bits per heavy atom. The minimum Gasteiger partial charge on any atom is -0.299 e. The summed E-state index contributed by atoms with van der Waals surface area (Å²) in [7, 11) is 0. The third-order valence-electron chi connectivity index (χ3n) is 7.45. The third kappa shape index (κ3) is 5.06. The minimum absolute atomic E-state index is 0.404. The van der Waals surface area contributed by atoms with E-state index in [2.05, 4.69) is 65.6 Å². The Kier molecular flexibility index (Phi) is 6.86. The van der Waals surface area contributed by atoms with Crippen LogP contribution in [0.5, 0.6) is 0 Å². The molecule has 0 amide bonds. The van der Waals surface area contributed by atoms with Crippen LogP contribution in [0.3, 0.4) is 0 Å². The fourth-order valence-corrected chi connectivity index (χ4v) is 5.59. The van der Waals surface area contributed by atoms with Gasteiger partial charge in [-0.1, -0.05) is 99.2 Å². The Balaban J connectivity index is 1.41. The van der Waals surface area contributed by atoms with Crippen LogP contribution in [0.1, 0.15) is 75.3 Å². The predicted molar refractivity (Wildman–Crippen MR) is 119 cm³/mol. The molecule has 1 heteroatoms. The Morgan fingerprint density at radius 2 is 1.36 bits per heavy atom. The smallest absolute Gasteiger partial charge is 0.0233 e. The maximum Gasteiger partial charge on any atom is 0.0233 e. The summed E-state index contributed by atoms with van der Waals surface area (Å²) < 4.78 is 0. The van der Waals surface area contributed by atoms with Crippen LogP contribution in [0.15, 0.2) is 60.7 Å². The Bertz CT molecular complexity index is 677. The zero-order valence-corrected chi connectivity index (χ0v) is 17.5. The Labute approximate surface area is 172 Å². The van der Waals surface area contributed by atoms with Crippen LogP contribution in [-0.2, 0) is 12.0 Å². The molecule has 0 unspecified atom stereocenters. The fourth-order valence-electron chi connectivity index (χ4n) is 5.59. The molecule has 1 heterocycles. The topological polar surface area (TPSA) is 3.24 Å². The number of likely N-dealkylation sites (tertiary alicyclic amines) is 1. The lowest BCUT2D eigenvalue weighted by Crippen LogP contribution is -2.42. The molecular formula is C27H37N. The van der Waals surface area contributed by atoms with Gasteiger partial charge in [0.1, 0.15) is 0 Å². The number of piperidine rings is 1. The summed E-state index contributed by atoms with van der Waals surface area (Å²) in [6.45, 7) is 3.57. The Hall–Kier alpha value is -1.60. The molecule has 1 nitrogen and oxygen atoms in total. The molecule has 150 valence electrons. The first-order chi connectivity index (χ1) is 13.8. The van der Waals surface area contributed by atoms with Crippen molar-refractivity contribution in [1.82, 2.24) is 4.90 Å². The highest BCUT2D eigenvalue weighted by molar-refractivity contribution is 5.26. The van der Waals surface area contributed by atoms with E-state index in [1.165, 1.54) is 82.9 Å². The number of nitrogens with zero attached hydrogens (tertiary/aromatic N) is 1. The third-order valence-corrected chi connectivity index (χ3v) is 7.45. The monoisotopic (exact) mass is 375 g/mol. The summed E-state index contributed by atoms with van der Waals surface area (Å²) in [5, 5.41) is 0. The average molecular weight is 376 g/mol. The molecule has 1 saturated carbocycles. The first-order valence-electron chi connectivity index (χ1n) is 11.7. The lowest BCUT2D eigenvalue weighted by Gasteiger charge is -2.43. The van der Waals surface area contributed by atoms with Crippen molar-refractivity contribution in [3.63, 3.8) is 0 Å². The molecule has 28 heavy (non-hydrogen) atoms. The molecular weight excluding hydrogens is 338 g/mol. The van der Waals surface area contributed by atoms with Gasteiger partial charge in [0.05, 0.1) is 0 Å². The molecule has 0 N–H and O–H groups in total. The predicted octanol–water partition coefficient (Wildman–Crippen LogP) is 6.97. The van der Waals surface area contributed by atoms with Crippen molar-refractivity contribution in [3.8, 4) is 0 Å². The van der Waals surface area contributed by atoms with Gasteiger partial charge in [-0.15, -0.1) is 0 Å². The zero-order chi connectivity index (χ0) is 19.1. The quantitative estimate of drug-likeness (QED) is 0.493. The summed E-state index contributed by atoms with van der Waals surface area (Å²) in [5.41, 5.74) is 3.46. The van der Waals surface area contributed by atoms with E-state index in [0.29, 0.717) is 5.41 Å². The van der Waals surface area contributed by atoms with E-state index < -0.39 is 0 Å². The second-order valence-electron chi connectivity index (χ2n) is 9.30. The standard InChI is InChI=1S/C27H37N/c1-2-6-12-24(11-5-1)17-18-27(26-15-9-4-10-16-26)19-21-28(22-20-27)23-25-13-7-3-8-14-25/h3-4,7-10,13-16,24H,1-2,5-6,11-12,17-23H2. The second kappa shape index (κ2) is 9.74. The maximum atomic E-state index is 2.67. The van der Waals surface area contributed by atoms with Gasteiger partial charge in [-0.2, -0.15) is 0 Å². The lowest BCUT2D eigenvalue weighted by atomic mass is 9.68. The number of benzene rings is 2. The van der Waals surface area contributed by atoms with Gasteiger partial charge in [-0.25, -0.2) is 0 Å². The maximum absolute atomic E-state index is 2.67. The SMILES string of the molecule is c1ccc(CN2CCC(CCC3CCCCCC3)(c3ccccc3)CC2)cc1. The lowest BCUT2D eigenvalue weighted by molar-refractivity contribution is 0.138. The van der Waals surface area contributed by atoms with Crippen molar-refractivity contribution in [2.45, 2.75) is 76.2 Å². The first-order valence-corrected chi connectivity index (χ1v) is 11.7. The van der Waals surface area contributed by atoms with Crippen LogP contribution in [0.4, 0.5) is 0 Å². The highest BCUT2D eigenvalue weighted by Crippen LogP contribution is 2.42. The molecule has 1 saturated heterocycles. The summed E-state index contributed by atoms with van der Waals surface area (Å²) in [6.07, 6.45) is 14.3. The molecule has 2 aromatic rings. The highest BCUT2D eigenvalue weighted by atomic mass is 15.1. The zero-order valence-electron chi connectivity index (χ0n) is 17.5. The van der Waals surface area contributed by atoms with Gasteiger partial charge in [-0.3, -0.25) is 4.90 Å².